The molecule has 0 aliphatic carbocycles. The van der Waals surface area contributed by atoms with E-state index in [1.807, 2.05) is 12.3 Å². The van der Waals surface area contributed by atoms with E-state index in [-0.39, 0.29) is 11.8 Å². The minimum absolute atomic E-state index is 0.159. The first-order valence-electron chi connectivity index (χ1n) is 4.92. The van der Waals surface area contributed by atoms with Crippen molar-refractivity contribution >= 4 is 28.2 Å². The predicted molar refractivity (Wildman–Crippen MR) is 67.6 cm³/mol. The van der Waals surface area contributed by atoms with Gasteiger partial charge in [0.15, 0.2) is 5.13 Å². The molecule has 6 heteroatoms. The van der Waals surface area contributed by atoms with Crippen LogP contribution in [0.4, 0.5) is 15.6 Å². The molecule has 0 saturated heterocycles. The summed E-state index contributed by atoms with van der Waals surface area (Å²) in [6.07, 6.45) is 0. The number of urea groups is 1. The maximum Gasteiger partial charge on any atom is 0.325 e. The molecule has 2 rings (SSSR count). The van der Waals surface area contributed by atoms with Gasteiger partial charge in [-0.2, -0.15) is 0 Å². The average Bonchev–Trinajstić information content (AvgIpc) is 2.67. The number of hydrogen-bond donors (Lipinski definition) is 3. The smallest absolute Gasteiger partial charge is 0.325 e. The van der Waals surface area contributed by atoms with Crippen LogP contribution in [0.1, 0.15) is 5.69 Å². The van der Waals surface area contributed by atoms with Crippen LogP contribution in [0, 0.1) is 6.92 Å². The van der Waals surface area contributed by atoms with Gasteiger partial charge in [-0.05, 0) is 31.2 Å². The maximum absolute atomic E-state index is 11.6. The summed E-state index contributed by atoms with van der Waals surface area (Å²) < 4.78 is 0. The zero-order chi connectivity index (χ0) is 12.3. The molecular weight excluding hydrogens is 238 g/mol. The molecular formula is C11H11N3O2S. The average molecular weight is 249 g/mol. The zero-order valence-corrected chi connectivity index (χ0v) is 9.91. The number of carbonyl (C=O) groups excluding carboxylic acids is 1. The van der Waals surface area contributed by atoms with Crippen LogP contribution in [0.15, 0.2) is 29.6 Å². The Kier molecular flexibility index (Phi) is 3.24. The quantitative estimate of drug-likeness (QED) is 0.716. The van der Waals surface area contributed by atoms with Crippen molar-refractivity contribution < 1.29 is 9.90 Å². The summed E-state index contributed by atoms with van der Waals surface area (Å²) in [5.74, 6) is 0.159. The van der Waals surface area contributed by atoms with Crippen LogP contribution >= 0.6 is 11.3 Å². The Labute approximate surface area is 102 Å². The highest BCUT2D eigenvalue weighted by Gasteiger charge is 2.05. The molecule has 0 atom stereocenters. The number of amides is 2. The summed E-state index contributed by atoms with van der Waals surface area (Å²) in [5, 5.41) is 16.8. The Hall–Kier alpha value is -2.08. The minimum atomic E-state index is -0.356. The van der Waals surface area contributed by atoms with Crippen molar-refractivity contribution in [3.8, 4) is 5.75 Å². The van der Waals surface area contributed by atoms with E-state index in [4.69, 9.17) is 5.11 Å². The van der Waals surface area contributed by atoms with Gasteiger partial charge in [-0.15, -0.1) is 11.3 Å². The number of hydrogen-bond acceptors (Lipinski definition) is 4. The van der Waals surface area contributed by atoms with Gasteiger partial charge in [-0.1, -0.05) is 0 Å². The summed E-state index contributed by atoms with van der Waals surface area (Å²) >= 11 is 1.37. The number of aromatic nitrogens is 1. The Morgan fingerprint density at radius 1 is 1.29 bits per heavy atom. The summed E-state index contributed by atoms with van der Waals surface area (Å²) in [4.78, 5) is 15.7. The first kappa shape index (κ1) is 11.4. The molecule has 1 aromatic carbocycles. The molecule has 0 radical (unpaired) electrons. The number of benzene rings is 1. The van der Waals surface area contributed by atoms with Crippen molar-refractivity contribution in [2.75, 3.05) is 10.6 Å². The second-order valence-corrected chi connectivity index (χ2v) is 4.28. The highest BCUT2D eigenvalue weighted by atomic mass is 32.1. The summed E-state index contributed by atoms with van der Waals surface area (Å²) in [6, 6.07) is 5.88. The number of nitrogens with zero attached hydrogens (tertiary/aromatic N) is 1. The van der Waals surface area contributed by atoms with Gasteiger partial charge in [0.05, 0.1) is 5.69 Å². The second-order valence-electron chi connectivity index (χ2n) is 3.42. The van der Waals surface area contributed by atoms with Crippen molar-refractivity contribution in [3.63, 3.8) is 0 Å². The van der Waals surface area contributed by atoms with Crippen LogP contribution in [0.25, 0.3) is 0 Å². The monoisotopic (exact) mass is 249 g/mol. The third-order valence-electron chi connectivity index (χ3n) is 1.96. The van der Waals surface area contributed by atoms with Crippen LogP contribution in [0.3, 0.4) is 0 Å². The van der Waals surface area contributed by atoms with Gasteiger partial charge in [0.2, 0.25) is 0 Å². The molecule has 0 aliphatic rings. The molecule has 0 spiro atoms. The molecule has 1 aromatic heterocycles. The first-order chi connectivity index (χ1) is 8.13. The fourth-order valence-corrected chi connectivity index (χ4v) is 1.90. The lowest BCUT2D eigenvalue weighted by Gasteiger charge is -2.05. The van der Waals surface area contributed by atoms with E-state index < -0.39 is 0 Å². The van der Waals surface area contributed by atoms with Crippen molar-refractivity contribution in [2.24, 2.45) is 0 Å². The first-order valence-corrected chi connectivity index (χ1v) is 5.80. The Morgan fingerprint density at radius 2 is 2.00 bits per heavy atom. The molecule has 0 fully saturated rings. The third kappa shape index (κ3) is 3.18. The number of phenolic OH excluding ortho intramolecular Hbond substituents is 1. The molecule has 0 bridgehead atoms. The van der Waals surface area contributed by atoms with Crippen LogP contribution < -0.4 is 10.6 Å². The molecule has 17 heavy (non-hydrogen) atoms. The molecule has 0 aliphatic heterocycles. The fraction of sp³-hybridized carbons (Fsp3) is 0.0909. The fourth-order valence-electron chi connectivity index (χ4n) is 1.22. The molecule has 0 saturated carbocycles. The molecule has 88 valence electrons. The maximum atomic E-state index is 11.6. The third-order valence-corrected chi connectivity index (χ3v) is 2.84. The lowest BCUT2D eigenvalue weighted by atomic mass is 10.3. The number of nitrogens with one attached hydrogen (secondary N) is 2. The van der Waals surface area contributed by atoms with Gasteiger partial charge in [0, 0.05) is 11.1 Å². The molecule has 2 amide bonds. The van der Waals surface area contributed by atoms with E-state index in [2.05, 4.69) is 15.6 Å². The molecule has 2 aromatic rings. The number of phenols is 1. The van der Waals surface area contributed by atoms with E-state index in [1.54, 1.807) is 12.1 Å². The summed E-state index contributed by atoms with van der Waals surface area (Å²) in [5.41, 5.74) is 1.48. The van der Waals surface area contributed by atoms with E-state index in [0.717, 1.165) is 5.69 Å². The van der Waals surface area contributed by atoms with Crippen molar-refractivity contribution in [1.82, 2.24) is 4.98 Å². The number of thiazole rings is 1. The number of rotatable bonds is 2. The molecule has 1 heterocycles. The van der Waals surface area contributed by atoms with Gasteiger partial charge >= 0.3 is 6.03 Å². The van der Waals surface area contributed by atoms with E-state index >= 15 is 0 Å². The van der Waals surface area contributed by atoms with Gasteiger partial charge in [0.1, 0.15) is 5.75 Å². The van der Waals surface area contributed by atoms with Gasteiger partial charge in [0.25, 0.3) is 0 Å². The summed E-state index contributed by atoms with van der Waals surface area (Å²) in [7, 11) is 0. The topological polar surface area (TPSA) is 74.2 Å². The SMILES string of the molecule is Cc1csc(NC(=O)Nc2ccc(O)cc2)n1. The number of carbonyl (C=O) groups is 1. The lowest BCUT2D eigenvalue weighted by Crippen LogP contribution is -2.19. The lowest BCUT2D eigenvalue weighted by molar-refractivity contribution is 0.262. The molecule has 3 N–H and O–H groups in total. The van der Waals surface area contributed by atoms with Crippen LogP contribution in [0.5, 0.6) is 5.75 Å². The normalized spacial score (nSPS) is 9.94. The Balaban J connectivity index is 1.95. The van der Waals surface area contributed by atoms with Crippen LogP contribution in [0.2, 0.25) is 0 Å². The Bertz CT molecular complexity index is 522. The van der Waals surface area contributed by atoms with Crippen molar-refractivity contribution in [2.45, 2.75) is 6.92 Å². The van der Waals surface area contributed by atoms with Gasteiger partial charge < -0.3 is 10.4 Å². The highest BCUT2D eigenvalue weighted by Crippen LogP contribution is 2.16. The largest absolute Gasteiger partial charge is 0.508 e. The molecule has 5 nitrogen and oxygen atoms in total. The number of aryl methyl sites for hydroxylation is 1. The number of aromatic hydroxyl groups is 1. The van der Waals surface area contributed by atoms with Gasteiger partial charge in [-0.3, -0.25) is 5.32 Å². The van der Waals surface area contributed by atoms with Gasteiger partial charge in [-0.25, -0.2) is 9.78 Å². The van der Waals surface area contributed by atoms with E-state index in [1.165, 1.54) is 23.5 Å². The number of anilines is 2. The van der Waals surface area contributed by atoms with Crippen molar-refractivity contribution in [1.29, 1.82) is 0 Å². The van der Waals surface area contributed by atoms with Crippen molar-refractivity contribution in [3.05, 3.63) is 35.3 Å². The Morgan fingerprint density at radius 3 is 2.59 bits per heavy atom. The molecule has 0 unspecified atom stereocenters. The van der Waals surface area contributed by atoms with E-state index in [0.29, 0.717) is 10.8 Å². The van der Waals surface area contributed by atoms with E-state index in [9.17, 15) is 4.79 Å². The highest BCUT2D eigenvalue weighted by molar-refractivity contribution is 7.13. The zero-order valence-electron chi connectivity index (χ0n) is 9.10. The second kappa shape index (κ2) is 4.84. The summed E-state index contributed by atoms with van der Waals surface area (Å²) in [6.45, 7) is 1.86. The predicted octanol–water partition coefficient (Wildman–Crippen LogP) is 2.80. The van der Waals surface area contributed by atoms with Crippen LogP contribution in [-0.2, 0) is 0 Å². The standard InChI is InChI=1S/C11H11N3O2S/c1-7-6-17-11(12-7)14-10(16)13-8-2-4-9(15)5-3-8/h2-6,15H,1H3,(H2,12,13,14,16). The van der Waals surface area contributed by atoms with Crippen LogP contribution in [-0.4, -0.2) is 16.1 Å². The minimum Gasteiger partial charge on any atom is -0.508 e.